The van der Waals surface area contributed by atoms with E-state index in [0.717, 1.165) is 18.4 Å². The molecule has 208 valence electrons. The second-order valence-electron chi connectivity index (χ2n) is 9.88. The first kappa shape index (κ1) is 28.5. The number of hydrogen-bond donors (Lipinski definition) is 1. The summed E-state index contributed by atoms with van der Waals surface area (Å²) in [7, 11) is -0.501. The Morgan fingerprint density at radius 3 is 2.37 bits per heavy atom. The van der Waals surface area contributed by atoms with Crippen molar-refractivity contribution in [2.45, 2.75) is 37.1 Å². The predicted molar refractivity (Wildman–Crippen MR) is 146 cm³/mol. The Morgan fingerprint density at radius 1 is 1.05 bits per heavy atom. The molecule has 1 aliphatic heterocycles. The van der Waals surface area contributed by atoms with Gasteiger partial charge < -0.3 is 19.5 Å². The fourth-order valence-corrected chi connectivity index (χ4v) is 7.37. The third-order valence-corrected chi connectivity index (χ3v) is 9.84. The lowest BCUT2D eigenvalue weighted by molar-refractivity contribution is 0.0659. The van der Waals surface area contributed by atoms with Gasteiger partial charge in [-0.05, 0) is 43.4 Å². The van der Waals surface area contributed by atoms with Crippen LogP contribution in [0.5, 0.6) is 5.75 Å². The van der Waals surface area contributed by atoms with Crippen LogP contribution in [0.2, 0.25) is 0 Å². The summed E-state index contributed by atoms with van der Waals surface area (Å²) in [6, 6.07) is 17.3. The third-order valence-electron chi connectivity index (χ3n) is 7.75. The molecule has 38 heavy (non-hydrogen) atoms. The molecule has 0 atom stereocenters. The second-order valence-corrected chi connectivity index (χ2v) is 11.8. The topological polar surface area (TPSA) is 97.4 Å². The number of hydrogen-bond acceptors (Lipinski definition) is 6. The van der Waals surface area contributed by atoms with E-state index in [1.807, 2.05) is 30.3 Å². The lowest BCUT2D eigenvalue weighted by atomic mass is 9.68. The summed E-state index contributed by atoms with van der Waals surface area (Å²) in [5.74, 6) is 0.348. The van der Waals surface area contributed by atoms with Crippen LogP contribution in [0.4, 0.5) is 0 Å². The molecule has 2 fully saturated rings. The maximum atomic E-state index is 13.6. The zero-order valence-electron chi connectivity index (χ0n) is 22.3. The molecule has 1 saturated heterocycles. The fourth-order valence-electron chi connectivity index (χ4n) is 5.57. The Hall–Kier alpha value is -2.50. The minimum absolute atomic E-state index is 0.139. The standard InChI is InChI=1S/C28H39N3O6S/c1-35-19-18-31(38(33,34)30-16-20-37-21-17-30)24-12-14-28(15-13-24,23-8-4-3-5-9-23)22-29-27(32)25-10-6-7-11-26(25)36-2/h3-11,24H,12-22H2,1-2H3,(H,29,32)/t24-,28-. The molecule has 0 unspecified atom stereocenters. The Labute approximate surface area is 226 Å². The zero-order valence-corrected chi connectivity index (χ0v) is 23.1. The second kappa shape index (κ2) is 13.0. The van der Waals surface area contributed by atoms with Crippen LogP contribution < -0.4 is 10.1 Å². The van der Waals surface area contributed by atoms with Gasteiger partial charge in [0.05, 0.1) is 32.5 Å². The smallest absolute Gasteiger partial charge is 0.282 e. The van der Waals surface area contributed by atoms with Crippen LogP contribution in [0.3, 0.4) is 0 Å². The Kier molecular flexibility index (Phi) is 9.78. The number of ether oxygens (including phenoxy) is 3. The molecular weight excluding hydrogens is 506 g/mol. The molecule has 2 aromatic carbocycles. The monoisotopic (exact) mass is 545 g/mol. The zero-order chi connectivity index (χ0) is 27.0. The van der Waals surface area contributed by atoms with E-state index in [1.165, 1.54) is 4.31 Å². The summed E-state index contributed by atoms with van der Waals surface area (Å²) in [4.78, 5) is 13.1. The van der Waals surface area contributed by atoms with Gasteiger partial charge in [0.2, 0.25) is 0 Å². The molecule has 4 rings (SSSR count). The van der Waals surface area contributed by atoms with Crippen LogP contribution in [0, 0.1) is 0 Å². The third kappa shape index (κ3) is 6.38. The first-order valence-electron chi connectivity index (χ1n) is 13.2. The first-order valence-corrected chi connectivity index (χ1v) is 14.6. The number of benzene rings is 2. The number of rotatable bonds is 11. The van der Waals surface area contributed by atoms with Crippen molar-refractivity contribution in [2.24, 2.45) is 0 Å². The predicted octanol–water partition coefficient (Wildman–Crippen LogP) is 2.83. The van der Waals surface area contributed by atoms with Gasteiger partial charge in [-0.2, -0.15) is 17.0 Å². The SMILES string of the molecule is COCCN([C@H]1CC[C@](CNC(=O)c2ccccc2OC)(c2ccccc2)CC1)S(=O)(=O)N1CCOCC1. The average Bonchev–Trinajstić information content (AvgIpc) is 2.97. The quantitative estimate of drug-likeness (QED) is 0.467. The molecular formula is C28H39N3O6S. The van der Waals surface area contributed by atoms with Crippen LogP contribution in [0.1, 0.15) is 41.6 Å². The van der Waals surface area contributed by atoms with Crippen LogP contribution in [-0.2, 0) is 25.1 Å². The number of methoxy groups -OCH3 is 2. The summed E-state index contributed by atoms with van der Waals surface area (Å²) in [5, 5.41) is 3.15. The highest BCUT2D eigenvalue weighted by Gasteiger charge is 2.42. The van der Waals surface area contributed by atoms with Gasteiger partial charge in [-0.25, -0.2) is 0 Å². The number of carbonyl (C=O) groups is 1. The van der Waals surface area contributed by atoms with Gasteiger partial charge >= 0.3 is 0 Å². The summed E-state index contributed by atoms with van der Waals surface area (Å²) < 4.78 is 46.4. The van der Waals surface area contributed by atoms with Crippen molar-refractivity contribution < 1.29 is 27.4 Å². The largest absolute Gasteiger partial charge is 0.496 e. The first-order chi connectivity index (χ1) is 18.4. The number of morpholine rings is 1. The normalized spacial score (nSPS) is 22.8. The molecule has 1 amide bonds. The van der Waals surface area contributed by atoms with Gasteiger partial charge in [0.1, 0.15) is 5.75 Å². The van der Waals surface area contributed by atoms with Crippen LogP contribution in [0.25, 0.3) is 0 Å². The van der Waals surface area contributed by atoms with Crippen LogP contribution in [0.15, 0.2) is 54.6 Å². The Bertz CT molecular complexity index is 1150. The van der Waals surface area contributed by atoms with E-state index in [-0.39, 0.29) is 17.4 Å². The van der Waals surface area contributed by atoms with Crippen molar-refractivity contribution >= 4 is 16.1 Å². The van der Waals surface area contributed by atoms with Gasteiger partial charge in [-0.1, -0.05) is 42.5 Å². The lowest BCUT2D eigenvalue weighted by Gasteiger charge is -2.44. The van der Waals surface area contributed by atoms with E-state index >= 15 is 0 Å². The summed E-state index contributed by atoms with van der Waals surface area (Å²) in [5.41, 5.74) is 1.35. The Balaban J connectivity index is 1.52. The van der Waals surface area contributed by atoms with E-state index < -0.39 is 10.2 Å². The molecule has 0 radical (unpaired) electrons. The molecule has 1 heterocycles. The molecule has 1 saturated carbocycles. The molecule has 2 aromatic rings. The highest BCUT2D eigenvalue weighted by Crippen LogP contribution is 2.41. The summed E-state index contributed by atoms with van der Waals surface area (Å²) in [6.07, 6.45) is 2.87. The van der Waals surface area contributed by atoms with Gasteiger partial charge in [0, 0.05) is 44.7 Å². The molecule has 0 spiro atoms. The highest BCUT2D eigenvalue weighted by atomic mass is 32.2. The van der Waals surface area contributed by atoms with Gasteiger partial charge in [0.25, 0.3) is 16.1 Å². The number of nitrogens with one attached hydrogen (secondary N) is 1. The van der Waals surface area contributed by atoms with Gasteiger partial charge in [-0.15, -0.1) is 0 Å². The summed E-state index contributed by atoms with van der Waals surface area (Å²) >= 11 is 0. The van der Waals surface area contributed by atoms with Gasteiger partial charge in [-0.3, -0.25) is 4.79 Å². The molecule has 10 heteroatoms. The highest BCUT2D eigenvalue weighted by molar-refractivity contribution is 7.86. The maximum Gasteiger partial charge on any atom is 0.282 e. The number of carbonyl (C=O) groups excluding carboxylic acids is 1. The van der Waals surface area contributed by atoms with Crippen molar-refractivity contribution in [1.29, 1.82) is 0 Å². The van der Waals surface area contributed by atoms with E-state index in [0.29, 0.717) is 70.2 Å². The maximum absolute atomic E-state index is 13.6. The fraction of sp³-hybridized carbons (Fsp3) is 0.536. The minimum atomic E-state index is -3.64. The van der Waals surface area contributed by atoms with Crippen molar-refractivity contribution in [1.82, 2.24) is 13.9 Å². The molecule has 0 aromatic heterocycles. The van der Waals surface area contributed by atoms with E-state index in [2.05, 4.69) is 17.4 Å². The Morgan fingerprint density at radius 2 is 1.71 bits per heavy atom. The molecule has 9 nitrogen and oxygen atoms in total. The minimum Gasteiger partial charge on any atom is -0.496 e. The van der Waals surface area contributed by atoms with Crippen molar-refractivity contribution in [3.05, 3.63) is 65.7 Å². The van der Waals surface area contributed by atoms with Crippen LogP contribution >= 0.6 is 0 Å². The molecule has 1 aliphatic carbocycles. The van der Waals surface area contributed by atoms with Crippen molar-refractivity contribution in [3.63, 3.8) is 0 Å². The molecule has 1 N–H and O–H groups in total. The van der Waals surface area contributed by atoms with Crippen molar-refractivity contribution in [2.75, 3.05) is 60.2 Å². The van der Waals surface area contributed by atoms with E-state index in [4.69, 9.17) is 14.2 Å². The summed E-state index contributed by atoms with van der Waals surface area (Å²) in [6.45, 7) is 2.64. The van der Waals surface area contributed by atoms with E-state index in [9.17, 15) is 13.2 Å². The average molecular weight is 546 g/mol. The molecule has 0 bridgehead atoms. The van der Waals surface area contributed by atoms with E-state index in [1.54, 1.807) is 30.7 Å². The number of para-hydroxylation sites is 1. The number of amides is 1. The lowest BCUT2D eigenvalue weighted by Crippen LogP contribution is -2.55. The van der Waals surface area contributed by atoms with Crippen molar-refractivity contribution in [3.8, 4) is 5.75 Å². The number of nitrogens with zero attached hydrogens (tertiary/aromatic N) is 2. The van der Waals surface area contributed by atoms with Crippen LogP contribution in [-0.4, -0.2) is 89.2 Å². The van der Waals surface area contributed by atoms with Gasteiger partial charge in [0.15, 0.2) is 0 Å². The molecule has 2 aliphatic rings.